The van der Waals surface area contributed by atoms with Gasteiger partial charge in [-0.1, -0.05) is 44.2 Å². The van der Waals surface area contributed by atoms with E-state index in [2.05, 4.69) is 49.5 Å². The van der Waals surface area contributed by atoms with Crippen LogP contribution in [0.4, 0.5) is 0 Å². The van der Waals surface area contributed by atoms with Crippen molar-refractivity contribution in [2.75, 3.05) is 13.2 Å². The van der Waals surface area contributed by atoms with E-state index in [-0.39, 0.29) is 6.10 Å². The molecule has 112 valence electrons. The number of benzene rings is 1. The van der Waals surface area contributed by atoms with Crippen molar-refractivity contribution in [2.45, 2.75) is 52.0 Å². The molecule has 3 nitrogen and oxygen atoms in total. The second-order valence-corrected chi connectivity index (χ2v) is 6.45. The molecule has 2 rings (SSSR count). The number of rotatable bonds is 6. The van der Waals surface area contributed by atoms with Crippen LogP contribution in [-0.4, -0.2) is 25.0 Å². The van der Waals surface area contributed by atoms with Crippen molar-refractivity contribution in [3.05, 3.63) is 35.9 Å². The van der Waals surface area contributed by atoms with Gasteiger partial charge in [-0.15, -0.1) is 0 Å². The first kappa shape index (κ1) is 15.5. The zero-order valence-corrected chi connectivity index (χ0v) is 13.1. The maximum Gasteiger partial charge on any atom is 0.163 e. The van der Waals surface area contributed by atoms with Gasteiger partial charge >= 0.3 is 0 Å². The van der Waals surface area contributed by atoms with E-state index in [0.717, 1.165) is 13.0 Å². The Morgan fingerprint density at radius 3 is 2.50 bits per heavy atom. The molecule has 2 atom stereocenters. The molecule has 0 aromatic heterocycles. The second-order valence-electron chi connectivity index (χ2n) is 6.45. The van der Waals surface area contributed by atoms with Gasteiger partial charge in [0.05, 0.1) is 12.7 Å². The average Bonchev–Trinajstić information content (AvgIpc) is 2.75. The Morgan fingerprint density at radius 1 is 1.25 bits per heavy atom. The van der Waals surface area contributed by atoms with E-state index in [1.165, 1.54) is 5.56 Å². The van der Waals surface area contributed by atoms with E-state index >= 15 is 0 Å². The van der Waals surface area contributed by atoms with Crippen LogP contribution in [0.15, 0.2) is 30.3 Å². The third kappa shape index (κ3) is 4.58. The fraction of sp³-hybridized carbons (Fsp3) is 0.647. The minimum Gasteiger partial charge on any atom is -0.348 e. The molecular formula is C17H27NO2. The van der Waals surface area contributed by atoms with Crippen molar-refractivity contribution in [1.82, 2.24) is 5.32 Å². The van der Waals surface area contributed by atoms with Gasteiger partial charge in [0.15, 0.2) is 5.79 Å². The number of hydrogen-bond acceptors (Lipinski definition) is 3. The van der Waals surface area contributed by atoms with Crippen LogP contribution < -0.4 is 5.32 Å². The first-order valence-corrected chi connectivity index (χ1v) is 7.56. The summed E-state index contributed by atoms with van der Waals surface area (Å²) in [5.41, 5.74) is 1.35. The molecule has 0 spiro atoms. The van der Waals surface area contributed by atoms with Crippen molar-refractivity contribution >= 4 is 0 Å². The summed E-state index contributed by atoms with van der Waals surface area (Å²) in [4.78, 5) is 0. The van der Waals surface area contributed by atoms with Gasteiger partial charge in [0.2, 0.25) is 0 Å². The fourth-order valence-electron chi connectivity index (χ4n) is 2.63. The van der Waals surface area contributed by atoms with Crippen molar-refractivity contribution in [1.29, 1.82) is 0 Å². The van der Waals surface area contributed by atoms with Crippen molar-refractivity contribution in [3.63, 3.8) is 0 Å². The second kappa shape index (κ2) is 6.70. The molecule has 3 heteroatoms. The standard InChI is InChI=1S/C17H27NO2/c1-13(2)10-16(14-8-6-5-7-9-14)18-11-15-12-19-17(3,4)20-15/h5-9,13,15-16,18H,10-12H2,1-4H3. The van der Waals surface area contributed by atoms with E-state index in [1.54, 1.807) is 0 Å². The lowest BCUT2D eigenvalue weighted by Gasteiger charge is -2.23. The lowest BCUT2D eigenvalue weighted by Crippen LogP contribution is -2.33. The summed E-state index contributed by atoms with van der Waals surface area (Å²) in [6.45, 7) is 9.95. The van der Waals surface area contributed by atoms with Crippen LogP contribution in [0.2, 0.25) is 0 Å². The third-order valence-corrected chi connectivity index (χ3v) is 3.57. The van der Waals surface area contributed by atoms with Crippen molar-refractivity contribution in [3.8, 4) is 0 Å². The Labute approximate surface area is 122 Å². The molecule has 0 saturated carbocycles. The molecule has 1 saturated heterocycles. The average molecular weight is 277 g/mol. The molecule has 1 aromatic rings. The summed E-state index contributed by atoms with van der Waals surface area (Å²) in [5.74, 6) is 0.219. The molecule has 0 radical (unpaired) electrons. The van der Waals surface area contributed by atoms with Gasteiger partial charge in [-0.05, 0) is 31.7 Å². The zero-order valence-electron chi connectivity index (χ0n) is 13.1. The van der Waals surface area contributed by atoms with Crippen molar-refractivity contribution in [2.24, 2.45) is 5.92 Å². The molecule has 2 unspecified atom stereocenters. The number of nitrogens with one attached hydrogen (secondary N) is 1. The maximum absolute atomic E-state index is 5.86. The lowest BCUT2D eigenvalue weighted by molar-refractivity contribution is -0.137. The van der Waals surface area contributed by atoms with Gasteiger partial charge in [-0.2, -0.15) is 0 Å². The van der Waals surface area contributed by atoms with E-state index in [0.29, 0.717) is 18.6 Å². The number of ether oxygens (including phenoxy) is 2. The minimum absolute atomic E-state index is 0.142. The van der Waals surface area contributed by atoms with Crippen LogP contribution in [0.5, 0.6) is 0 Å². The summed E-state index contributed by atoms with van der Waals surface area (Å²) in [6, 6.07) is 11.0. The Kier molecular flexibility index (Phi) is 5.19. The monoisotopic (exact) mass is 277 g/mol. The van der Waals surface area contributed by atoms with Gasteiger partial charge < -0.3 is 14.8 Å². The van der Waals surface area contributed by atoms with Gasteiger partial charge in [0.1, 0.15) is 0 Å². The molecule has 1 aliphatic heterocycles. The lowest BCUT2D eigenvalue weighted by atomic mass is 9.97. The van der Waals surface area contributed by atoms with Gasteiger partial charge in [0, 0.05) is 12.6 Å². The normalized spacial score (nSPS) is 23.1. The van der Waals surface area contributed by atoms with Crippen LogP contribution in [0, 0.1) is 5.92 Å². The third-order valence-electron chi connectivity index (χ3n) is 3.57. The fourth-order valence-corrected chi connectivity index (χ4v) is 2.63. The summed E-state index contributed by atoms with van der Waals surface area (Å²) in [5, 5.41) is 3.64. The van der Waals surface area contributed by atoms with Crippen LogP contribution in [-0.2, 0) is 9.47 Å². The van der Waals surface area contributed by atoms with Crippen LogP contribution in [0.25, 0.3) is 0 Å². The Bertz CT molecular complexity index is 403. The summed E-state index contributed by atoms with van der Waals surface area (Å²) >= 11 is 0. The quantitative estimate of drug-likeness (QED) is 0.863. The molecule has 0 bridgehead atoms. The van der Waals surface area contributed by atoms with Crippen LogP contribution in [0.1, 0.15) is 45.7 Å². The first-order chi connectivity index (χ1) is 9.46. The van der Waals surface area contributed by atoms with Crippen molar-refractivity contribution < 1.29 is 9.47 Å². The summed E-state index contributed by atoms with van der Waals surface area (Å²) < 4.78 is 11.5. The van der Waals surface area contributed by atoms with E-state index < -0.39 is 5.79 Å². The maximum atomic E-state index is 5.86. The molecule has 1 fully saturated rings. The van der Waals surface area contributed by atoms with Gasteiger partial charge in [0.25, 0.3) is 0 Å². The van der Waals surface area contributed by atoms with E-state index in [1.807, 2.05) is 13.8 Å². The molecule has 1 N–H and O–H groups in total. The number of hydrogen-bond donors (Lipinski definition) is 1. The molecule has 1 aromatic carbocycles. The summed E-state index contributed by atoms with van der Waals surface area (Å²) in [6.07, 6.45) is 1.27. The predicted molar refractivity (Wildman–Crippen MR) is 81.5 cm³/mol. The molecule has 1 heterocycles. The Balaban J connectivity index is 1.92. The molecule has 20 heavy (non-hydrogen) atoms. The highest BCUT2D eigenvalue weighted by Gasteiger charge is 2.32. The summed E-state index contributed by atoms with van der Waals surface area (Å²) in [7, 11) is 0. The first-order valence-electron chi connectivity index (χ1n) is 7.56. The van der Waals surface area contributed by atoms with E-state index in [4.69, 9.17) is 9.47 Å². The highest BCUT2D eigenvalue weighted by Crippen LogP contribution is 2.24. The zero-order chi connectivity index (χ0) is 14.6. The van der Waals surface area contributed by atoms with Gasteiger partial charge in [-0.25, -0.2) is 0 Å². The smallest absolute Gasteiger partial charge is 0.163 e. The molecule has 1 aliphatic rings. The van der Waals surface area contributed by atoms with Gasteiger partial charge in [-0.3, -0.25) is 0 Å². The van der Waals surface area contributed by atoms with E-state index in [9.17, 15) is 0 Å². The Hall–Kier alpha value is -0.900. The minimum atomic E-state index is -0.438. The molecule has 0 aliphatic carbocycles. The predicted octanol–water partition coefficient (Wildman–Crippen LogP) is 3.51. The highest BCUT2D eigenvalue weighted by molar-refractivity contribution is 5.18. The SMILES string of the molecule is CC(C)CC(NCC1COC(C)(C)O1)c1ccccc1. The highest BCUT2D eigenvalue weighted by atomic mass is 16.7. The largest absolute Gasteiger partial charge is 0.348 e. The Morgan fingerprint density at radius 2 is 1.95 bits per heavy atom. The van der Waals surface area contributed by atoms with Crippen LogP contribution >= 0.6 is 0 Å². The topological polar surface area (TPSA) is 30.5 Å². The molecular weight excluding hydrogens is 250 g/mol. The molecule has 0 amide bonds. The van der Waals surface area contributed by atoms with Crippen LogP contribution in [0.3, 0.4) is 0 Å².